The van der Waals surface area contributed by atoms with Gasteiger partial charge in [0.1, 0.15) is 0 Å². The van der Waals surface area contributed by atoms with E-state index in [1.807, 2.05) is 31.2 Å². The van der Waals surface area contributed by atoms with Gasteiger partial charge in [0.05, 0.1) is 5.75 Å². The number of aryl methyl sites for hydroxylation is 1. The molecule has 0 bridgehead atoms. The maximum Gasteiger partial charge on any atom is 0.234 e. The lowest BCUT2D eigenvalue weighted by atomic mass is 10.2. The van der Waals surface area contributed by atoms with Crippen molar-refractivity contribution in [3.05, 3.63) is 29.8 Å². The van der Waals surface area contributed by atoms with Gasteiger partial charge < -0.3 is 10.6 Å². The molecule has 0 spiro atoms. The first kappa shape index (κ1) is 13.8. The van der Waals surface area contributed by atoms with E-state index >= 15 is 0 Å². The minimum absolute atomic E-state index is 0.0462. The average molecular weight is 294 g/mol. The standard InChI is InChI=1S/C12H14N4OS2/c1-8-3-5-9(6-4-8)14-10(17)7-18-12-16-15-11(13-2)19-12/h3-6H,7H2,1-2H3,(H,13,15)(H,14,17). The third kappa shape index (κ3) is 4.22. The van der Waals surface area contributed by atoms with E-state index in [1.54, 1.807) is 7.05 Å². The highest BCUT2D eigenvalue weighted by Crippen LogP contribution is 2.25. The highest BCUT2D eigenvalue weighted by Gasteiger charge is 2.07. The number of anilines is 2. The lowest BCUT2D eigenvalue weighted by Gasteiger charge is -2.04. The van der Waals surface area contributed by atoms with E-state index in [9.17, 15) is 4.79 Å². The minimum atomic E-state index is -0.0462. The fourth-order valence-electron chi connectivity index (χ4n) is 1.33. The molecule has 0 aliphatic heterocycles. The number of nitrogens with zero attached hydrogens (tertiary/aromatic N) is 2. The summed E-state index contributed by atoms with van der Waals surface area (Å²) < 4.78 is 0.781. The number of thioether (sulfide) groups is 1. The van der Waals surface area contributed by atoms with Crippen molar-refractivity contribution in [1.29, 1.82) is 0 Å². The van der Waals surface area contributed by atoms with Gasteiger partial charge >= 0.3 is 0 Å². The molecule has 2 aromatic rings. The molecule has 0 atom stereocenters. The second-order valence-electron chi connectivity index (χ2n) is 3.83. The van der Waals surface area contributed by atoms with Gasteiger partial charge in [0, 0.05) is 12.7 Å². The van der Waals surface area contributed by atoms with Gasteiger partial charge in [-0.1, -0.05) is 40.8 Å². The number of hydrogen-bond donors (Lipinski definition) is 2. The molecule has 0 aliphatic rings. The van der Waals surface area contributed by atoms with Crippen LogP contribution in [-0.2, 0) is 4.79 Å². The zero-order valence-corrected chi connectivity index (χ0v) is 12.3. The van der Waals surface area contributed by atoms with Crippen molar-refractivity contribution in [2.45, 2.75) is 11.3 Å². The summed E-state index contributed by atoms with van der Waals surface area (Å²) in [5.41, 5.74) is 1.98. The molecule has 0 saturated carbocycles. The summed E-state index contributed by atoms with van der Waals surface area (Å²) in [6.45, 7) is 2.01. The number of hydrogen-bond acceptors (Lipinski definition) is 6. The number of carbonyl (C=O) groups excluding carboxylic acids is 1. The highest BCUT2D eigenvalue weighted by molar-refractivity contribution is 8.01. The van der Waals surface area contributed by atoms with Crippen LogP contribution in [0.5, 0.6) is 0 Å². The Balaban J connectivity index is 1.82. The van der Waals surface area contributed by atoms with Gasteiger partial charge in [0.15, 0.2) is 4.34 Å². The zero-order chi connectivity index (χ0) is 13.7. The van der Waals surface area contributed by atoms with E-state index in [1.165, 1.54) is 28.7 Å². The van der Waals surface area contributed by atoms with Crippen LogP contribution in [0.15, 0.2) is 28.6 Å². The Labute approximate surface area is 119 Å². The van der Waals surface area contributed by atoms with Crippen molar-refractivity contribution in [2.75, 3.05) is 23.4 Å². The second-order valence-corrected chi connectivity index (χ2v) is 6.03. The highest BCUT2D eigenvalue weighted by atomic mass is 32.2. The van der Waals surface area contributed by atoms with Gasteiger partial charge in [-0.05, 0) is 19.1 Å². The lowest BCUT2D eigenvalue weighted by Crippen LogP contribution is -2.13. The Morgan fingerprint density at radius 1 is 1.32 bits per heavy atom. The molecule has 0 saturated heterocycles. The largest absolute Gasteiger partial charge is 0.363 e. The van der Waals surface area contributed by atoms with Crippen LogP contribution in [0.1, 0.15) is 5.56 Å². The van der Waals surface area contributed by atoms with Crippen molar-refractivity contribution in [2.24, 2.45) is 0 Å². The molecular formula is C12H14N4OS2. The molecule has 1 aromatic heterocycles. The fourth-order valence-corrected chi connectivity index (χ4v) is 2.84. The van der Waals surface area contributed by atoms with E-state index in [2.05, 4.69) is 20.8 Å². The lowest BCUT2D eigenvalue weighted by molar-refractivity contribution is -0.113. The predicted octanol–water partition coefficient (Wildman–Crippen LogP) is 2.62. The third-order valence-corrected chi connectivity index (χ3v) is 4.36. The first-order valence-electron chi connectivity index (χ1n) is 5.68. The summed E-state index contributed by atoms with van der Waals surface area (Å²) in [4.78, 5) is 11.8. The zero-order valence-electron chi connectivity index (χ0n) is 10.6. The average Bonchev–Trinajstić information content (AvgIpc) is 2.87. The second kappa shape index (κ2) is 6.53. The summed E-state index contributed by atoms with van der Waals surface area (Å²) in [7, 11) is 1.79. The van der Waals surface area contributed by atoms with Crippen molar-refractivity contribution in [3.8, 4) is 0 Å². The van der Waals surface area contributed by atoms with E-state index in [0.29, 0.717) is 5.75 Å². The molecule has 7 heteroatoms. The third-order valence-electron chi connectivity index (χ3n) is 2.28. The molecule has 1 heterocycles. The maximum atomic E-state index is 11.8. The van der Waals surface area contributed by atoms with Crippen LogP contribution in [-0.4, -0.2) is 28.9 Å². The van der Waals surface area contributed by atoms with Crippen molar-refractivity contribution in [3.63, 3.8) is 0 Å². The van der Waals surface area contributed by atoms with Crippen LogP contribution in [0.2, 0.25) is 0 Å². The monoisotopic (exact) mass is 294 g/mol. The van der Waals surface area contributed by atoms with Crippen molar-refractivity contribution < 1.29 is 4.79 Å². The number of benzene rings is 1. The number of nitrogens with one attached hydrogen (secondary N) is 2. The summed E-state index contributed by atoms with van der Waals surface area (Å²) in [5.74, 6) is 0.279. The fraction of sp³-hybridized carbons (Fsp3) is 0.250. The number of rotatable bonds is 5. The van der Waals surface area contributed by atoms with Crippen LogP contribution in [0.4, 0.5) is 10.8 Å². The Morgan fingerprint density at radius 3 is 2.68 bits per heavy atom. The molecule has 0 fully saturated rings. The molecule has 0 unspecified atom stereocenters. The molecular weight excluding hydrogens is 280 g/mol. The molecule has 0 aliphatic carbocycles. The smallest absolute Gasteiger partial charge is 0.234 e. The van der Waals surface area contributed by atoms with Crippen molar-refractivity contribution in [1.82, 2.24) is 10.2 Å². The summed E-state index contributed by atoms with van der Waals surface area (Å²) in [6, 6.07) is 7.71. The Hall–Kier alpha value is -1.60. The van der Waals surface area contributed by atoms with E-state index < -0.39 is 0 Å². The van der Waals surface area contributed by atoms with Gasteiger partial charge in [0.25, 0.3) is 0 Å². The van der Waals surface area contributed by atoms with Crippen LogP contribution in [0, 0.1) is 6.92 Å². The Bertz CT molecular complexity index is 553. The van der Waals surface area contributed by atoms with E-state index in [0.717, 1.165) is 15.2 Å². The molecule has 19 heavy (non-hydrogen) atoms. The summed E-state index contributed by atoms with van der Waals surface area (Å²) >= 11 is 2.81. The first-order chi connectivity index (χ1) is 9.17. The summed E-state index contributed by atoms with van der Waals surface area (Å²) in [6.07, 6.45) is 0. The number of amides is 1. The van der Waals surface area contributed by atoms with Crippen molar-refractivity contribution >= 4 is 39.8 Å². The number of carbonyl (C=O) groups is 1. The van der Waals surface area contributed by atoms with Gasteiger partial charge in [-0.15, -0.1) is 10.2 Å². The molecule has 2 rings (SSSR count). The topological polar surface area (TPSA) is 66.9 Å². The summed E-state index contributed by atoms with van der Waals surface area (Å²) in [5, 5.41) is 14.4. The van der Waals surface area contributed by atoms with Crippen LogP contribution in [0.3, 0.4) is 0 Å². The molecule has 1 amide bonds. The van der Waals surface area contributed by atoms with Crippen LogP contribution in [0.25, 0.3) is 0 Å². The molecule has 0 radical (unpaired) electrons. The number of aromatic nitrogens is 2. The quantitative estimate of drug-likeness (QED) is 0.830. The Morgan fingerprint density at radius 2 is 2.05 bits per heavy atom. The predicted molar refractivity (Wildman–Crippen MR) is 80.0 cm³/mol. The molecule has 5 nitrogen and oxygen atoms in total. The van der Waals surface area contributed by atoms with E-state index in [4.69, 9.17) is 0 Å². The molecule has 1 aromatic carbocycles. The molecule has 100 valence electrons. The van der Waals surface area contributed by atoms with Gasteiger partial charge in [-0.2, -0.15) is 0 Å². The van der Waals surface area contributed by atoms with Gasteiger partial charge in [-0.25, -0.2) is 0 Å². The van der Waals surface area contributed by atoms with Crippen LogP contribution >= 0.6 is 23.1 Å². The van der Waals surface area contributed by atoms with Crippen LogP contribution < -0.4 is 10.6 Å². The van der Waals surface area contributed by atoms with Gasteiger partial charge in [-0.3, -0.25) is 4.79 Å². The SMILES string of the molecule is CNc1nnc(SCC(=O)Nc2ccc(C)cc2)s1. The molecule has 2 N–H and O–H groups in total. The normalized spacial score (nSPS) is 10.2. The Kier molecular flexibility index (Phi) is 4.75. The van der Waals surface area contributed by atoms with E-state index in [-0.39, 0.29) is 5.91 Å². The maximum absolute atomic E-state index is 11.8. The van der Waals surface area contributed by atoms with Gasteiger partial charge in [0.2, 0.25) is 11.0 Å². The minimum Gasteiger partial charge on any atom is -0.363 e. The first-order valence-corrected chi connectivity index (χ1v) is 7.48.